The van der Waals surface area contributed by atoms with Gasteiger partial charge in [0.15, 0.2) is 0 Å². The fourth-order valence-corrected chi connectivity index (χ4v) is 6.38. The number of rotatable bonds is 6. The number of hydrogen-bond acceptors (Lipinski definition) is 5. The second-order valence-electron chi connectivity index (χ2n) is 10.6. The predicted octanol–water partition coefficient (Wildman–Crippen LogP) is 2.36. The first kappa shape index (κ1) is 21.4. The lowest BCUT2D eigenvalue weighted by Crippen LogP contribution is -2.65. The molecule has 1 amide bonds. The van der Waals surface area contributed by atoms with Crippen molar-refractivity contribution in [2.75, 3.05) is 19.7 Å². The number of ether oxygens (including phenoxy) is 1. The molecule has 2 saturated heterocycles. The summed E-state index contributed by atoms with van der Waals surface area (Å²) >= 11 is 0. The predicted molar refractivity (Wildman–Crippen MR) is 119 cm³/mol. The van der Waals surface area contributed by atoms with Crippen molar-refractivity contribution in [1.82, 2.24) is 10.6 Å². The number of carbonyl (C=O) groups excluding carboxylic acids is 1. The number of morpholine rings is 1. The molecule has 3 saturated carbocycles. The van der Waals surface area contributed by atoms with Crippen LogP contribution in [-0.4, -0.2) is 56.5 Å². The van der Waals surface area contributed by atoms with Crippen molar-refractivity contribution in [1.29, 1.82) is 0 Å². The largest absolute Gasteiger partial charge is 0.482 e. The van der Waals surface area contributed by atoms with Crippen molar-refractivity contribution in [3.63, 3.8) is 0 Å². The van der Waals surface area contributed by atoms with Gasteiger partial charge >= 0.3 is 7.12 Å². The fourth-order valence-electron chi connectivity index (χ4n) is 6.38. The van der Waals surface area contributed by atoms with Crippen molar-refractivity contribution in [2.24, 2.45) is 17.3 Å². The van der Waals surface area contributed by atoms with Gasteiger partial charge in [0, 0.05) is 13.1 Å². The first-order valence-electron chi connectivity index (χ1n) is 11.8. The van der Waals surface area contributed by atoms with E-state index in [2.05, 4.69) is 43.5 Å². The summed E-state index contributed by atoms with van der Waals surface area (Å²) in [6, 6.07) is 10.3. The summed E-state index contributed by atoms with van der Waals surface area (Å²) in [5.74, 6) is 0.972. The van der Waals surface area contributed by atoms with Gasteiger partial charge in [-0.25, -0.2) is 0 Å². The summed E-state index contributed by atoms with van der Waals surface area (Å²) in [5, 5.41) is 6.52. The molecule has 0 aromatic heterocycles. The SMILES string of the molecule is CC1(C)[C@@H]2CC3OB([C@H](Cc4ccccc4)NC(=O)C[C@H]4CNCCO4)O[C@@]3(C)[C@H]1C2. The molecule has 3 aliphatic carbocycles. The molecule has 2 aliphatic heterocycles. The highest BCUT2D eigenvalue weighted by molar-refractivity contribution is 6.48. The first-order chi connectivity index (χ1) is 14.9. The summed E-state index contributed by atoms with van der Waals surface area (Å²) in [6.45, 7) is 9.17. The Bertz CT molecular complexity index is 800. The lowest BCUT2D eigenvalue weighted by Gasteiger charge is -2.64. The lowest BCUT2D eigenvalue weighted by molar-refractivity contribution is -0.199. The summed E-state index contributed by atoms with van der Waals surface area (Å²) in [4.78, 5) is 12.9. The molecule has 1 aromatic carbocycles. The topological polar surface area (TPSA) is 68.8 Å². The van der Waals surface area contributed by atoms with Crippen LogP contribution < -0.4 is 10.6 Å². The first-order valence-corrected chi connectivity index (χ1v) is 11.8. The molecule has 6 rings (SSSR count). The van der Waals surface area contributed by atoms with Crippen LogP contribution in [-0.2, 0) is 25.3 Å². The molecule has 31 heavy (non-hydrogen) atoms. The van der Waals surface area contributed by atoms with E-state index in [0.717, 1.165) is 13.0 Å². The van der Waals surface area contributed by atoms with E-state index in [4.69, 9.17) is 14.0 Å². The minimum Gasteiger partial charge on any atom is -0.404 e. The van der Waals surface area contributed by atoms with Gasteiger partial charge in [0.1, 0.15) is 0 Å². The Morgan fingerprint density at radius 3 is 2.77 bits per heavy atom. The minimum atomic E-state index is -0.431. The fraction of sp³-hybridized carbons (Fsp3) is 0.708. The van der Waals surface area contributed by atoms with Crippen molar-refractivity contribution in [3.05, 3.63) is 35.9 Å². The molecule has 2 N–H and O–H groups in total. The molecule has 6 nitrogen and oxygen atoms in total. The van der Waals surface area contributed by atoms with Gasteiger partial charge in [0.05, 0.1) is 36.8 Å². The van der Waals surface area contributed by atoms with E-state index in [9.17, 15) is 4.79 Å². The third-order valence-electron chi connectivity index (χ3n) is 8.36. The van der Waals surface area contributed by atoms with E-state index in [0.29, 0.717) is 43.2 Å². The average molecular weight is 426 g/mol. The van der Waals surface area contributed by atoms with Crippen LogP contribution in [0.15, 0.2) is 30.3 Å². The molecular formula is C24H35BN2O4. The van der Waals surface area contributed by atoms with Gasteiger partial charge in [-0.15, -0.1) is 0 Å². The van der Waals surface area contributed by atoms with E-state index in [1.165, 1.54) is 12.0 Å². The zero-order chi connectivity index (χ0) is 21.6. The molecule has 1 aromatic rings. The van der Waals surface area contributed by atoms with Crippen LogP contribution >= 0.6 is 0 Å². The van der Waals surface area contributed by atoms with E-state index in [-0.39, 0.29) is 29.7 Å². The molecule has 1 unspecified atom stereocenters. The minimum absolute atomic E-state index is 0.00788. The van der Waals surface area contributed by atoms with Gasteiger partial charge < -0.3 is 24.7 Å². The second-order valence-corrected chi connectivity index (χ2v) is 10.6. The molecule has 2 heterocycles. The monoisotopic (exact) mass is 426 g/mol. The summed E-state index contributed by atoms with van der Waals surface area (Å²) < 4.78 is 18.9. The Morgan fingerprint density at radius 2 is 2.06 bits per heavy atom. The Labute approximate surface area is 185 Å². The number of hydrogen-bond donors (Lipinski definition) is 2. The van der Waals surface area contributed by atoms with E-state index in [1.807, 2.05) is 18.2 Å². The maximum atomic E-state index is 12.9. The summed E-state index contributed by atoms with van der Waals surface area (Å²) in [7, 11) is -0.431. The van der Waals surface area contributed by atoms with Crippen LogP contribution in [0.25, 0.3) is 0 Å². The van der Waals surface area contributed by atoms with Crippen LogP contribution in [0.4, 0.5) is 0 Å². The lowest BCUT2D eigenvalue weighted by atomic mass is 9.43. The molecule has 2 bridgehead atoms. The van der Waals surface area contributed by atoms with E-state index >= 15 is 0 Å². The average Bonchev–Trinajstić information content (AvgIpc) is 3.12. The standard InChI is InChI=1S/C24H35BN2O4/c1-23(2)17-12-19(23)24(3)20(13-17)30-25(31-24)21(11-16-7-5-4-6-8-16)27-22(28)14-18-15-26-9-10-29-18/h4-8,17-21,26H,9-15H2,1-3H3,(H,27,28)/t17-,18-,19-,20?,21-,24-/m0/s1. The smallest absolute Gasteiger partial charge is 0.404 e. The van der Waals surface area contributed by atoms with Gasteiger partial charge in [0.2, 0.25) is 5.91 Å². The zero-order valence-electron chi connectivity index (χ0n) is 18.9. The van der Waals surface area contributed by atoms with Crippen LogP contribution in [0.3, 0.4) is 0 Å². The Hall–Kier alpha value is -1.41. The molecule has 168 valence electrons. The maximum Gasteiger partial charge on any atom is 0.482 e. The van der Waals surface area contributed by atoms with Gasteiger partial charge in [-0.2, -0.15) is 0 Å². The molecular weight excluding hydrogens is 391 g/mol. The molecule has 5 fully saturated rings. The highest BCUT2D eigenvalue weighted by Gasteiger charge is 2.68. The van der Waals surface area contributed by atoms with E-state index < -0.39 is 7.12 Å². The number of nitrogens with one attached hydrogen (secondary N) is 2. The third-order valence-corrected chi connectivity index (χ3v) is 8.36. The van der Waals surface area contributed by atoms with Gasteiger partial charge in [-0.3, -0.25) is 4.79 Å². The van der Waals surface area contributed by atoms with Gasteiger partial charge in [0.25, 0.3) is 0 Å². The van der Waals surface area contributed by atoms with Crippen LogP contribution in [0, 0.1) is 17.3 Å². The Kier molecular flexibility index (Phi) is 5.66. The maximum absolute atomic E-state index is 12.9. The van der Waals surface area contributed by atoms with E-state index in [1.54, 1.807) is 0 Å². The van der Waals surface area contributed by atoms with Gasteiger partial charge in [-0.1, -0.05) is 44.2 Å². The Morgan fingerprint density at radius 1 is 1.26 bits per heavy atom. The highest BCUT2D eigenvalue weighted by atomic mass is 16.7. The molecule has 7 heteroatoms. The molecule has 6 atom stereocenters. The quantitative estimate of drug-likeness (QED) is 0.684. The third kappa shape index (κ3) is 3.95. The normalized spacial score (nSPS) is 36.9. The van der Waals surface area contributed by atoms with Crippen molar-refractivity contribution in [3.8, 4) is 0 Å². The number of carbonyl (C=O) groups is 1. The summed E-state index contributed by atoms with van der Waals surface area (Å²) in [5.41, 5.74) is 1.19. The van der Waals surface area contributed by atoms with Crippen LogP contribution in [0.2, 0.25) is 0 Å². The summed E-state index contributed by atoms with van der Waals surface area (Å²) in [6.07, 6.45) is 3.33. The van der Waals surface area contributed by atoms with Crippen LogP contribution in [0.5, 0.6) is 0 Å². The number of amides is 1. The van der Waals surface area contributed by atoms with Crippen molar-refractivity contribution >= 4 is 13.0 Å². The van der Waals surface area contributed by atoms with Crippen molar-refractivity contribution < 1.29 is 18.8 Å². The van der Waals surface area contributed by atoms with Crippen molar-refractivity contribution in [2.45, 2.75) is 70.2 Å². The second kappa shape index (κ2) is 8.18. The number of benzene rings is 1. The molecule has 0 spiro atoms. The van der Waals surface area contributed by atoms with Gasteiger partial charge in [-0.05, 0) is 49.0 Å². The van der Waals surface area contributed by atoms with Crippen LogP contribution in [0.1, 0.15) is 45.6 Å². The molecule has 5 aliphatic rings. The highest BCUT2D eigenvalue weighted by Crippen LogP contribution is 2.65. The molecule has 0 radical (unpaired) electrons. The Balaban J connectivity index is 1.30. The zero-order valence-corrected chi connectivity index (χ0v) is 18.9.